The molecular weight excluding hydrogens is 390 g/mol. The van der Waals surface area contributed by atoms with E-state index in [0.717, 1.165) is 16.7 Å². The first-order chi connectivity index (χ1) is 15.1. The Kier molecular flexibility index (Phi) is 4.74. The maximum atomic E-state index is 12.7. The summed E-state index contributed by atoms with van der Waals surface area (Å²) < 4.78 is 5.66. The highest BCUT2D eigenvalue weighted by Gasteiger charge is 2.52. The van der Waals surface area contributed by atoms with Crippen LogP contribution in [0.25, 0.3) is 11.1 Å². The molecule has 1 N–H and O–H groups in total. The number of ether oxygens (including phenoxy) is 1. The number of benzene rings is 3. The molecule has 1 aliphatic carbocycles. The molecule has 0 saturated carbocycles. The fraction of sp³-hybridized carbons (Fsp3) is 0.231. The molecule has 3 aromatic carbocycles. The van der Waals surface area contributed by atoms with Crippen LogP contribution >= 0.6 is 0 Å². The molecule has 1 saturated heterocycles. The van der Waals surface area contributed by atoms with Crippen molar-refractivity contribution < 1.29 is 19.4 Å². The maximum absolute atomic E-state index is 12.7. The maximum Gasteiger partial charge on any atom is 0.409 e. The lowest BCUT2D eigenvalue weighted by molar-refractivity contribution is -0.158. The van der Waals surface area contributed by atoms with Crippen molar-refractivity contribution in [3.05, 3.63) is 95.6 Å². The van der Waals surface area contributed by atoms with Gasteiger partial charge in [-0.05, 0) is 34.2 Å². The van der Waals surface area contributed by atoms with E-state index < -0.39 is 17.5 Å². The highest BCUT2D eigenvalue weighted by molar-refractivity contribution is 5.81. The number of carbonyl (C=O) groups excluding carboxylic acids is 1. The highest BCUT2D eigenvalue weighted by Crippen LogP contribution is 2.44. The van der Waals surface area contributed by atoms with Crippen LogP contribution in [0.15, 0.2) is 78.9 Å². The largest absolute Gasteiger partial charge is 0.481 e. The molecule has 0 radical (unpaired) electrons. The monoisotopic (exact) mass is 413 g/mol. The van der Waals surface area contributed by atoms with Crippen molar-refractivity contribution in [2.75, 3.05) is 19.7 Å². The number of nitrogens with zero attached hydrogens (tertiary/aromatic N) is 1. The molecule has 0 aromatic heterocycles. The highest BCUT2D eigenvalue weighted by atomic mass is 16.6. The summed E-state index contributed by atoms with van der Waals surface area (Å²) >= 11 is 0. The smallest absolute Gasteiger partial charge is 0.409 e. The van der Waals surface area contributed by atoms with Gasteiger partial charge in [0.15, 0.2) is 0 Å². The molecule has 0 unspecified atom stereocenters. The summed E-state index contributed by atoms with van der Waals surface area (Å²) in [4.78, 5) is 26.1. The number of aliphatic carboxylic acids is 1. The third-order valence-corrected chi connectivity index (χ3v) is 6.42. The number of carboxylic acids is 1. The van der Waals surface area contributed by atoms with Gasteiger partial charge >= 0.3 is 12.1 Å². The number of hydrogen-bond donors (Lipinski definition) is 1. The number of carbonyl (C=O) groups is 2. The number of fused-ring (bicyclic) bond motifs is 3. The number of hydrogen-bond acceptors (Lipinski definition) is 3. The molecular formula is C26H23NO4. The van der Waals surface area contributed by atoms with Gasteiger partial charge in [-0.3, -0.25) is 4.79 Å². The van der Waals surface area contributed by atoms with Crippen LogP contribution in [-0.2, 0) is 16.0 Å². The second-order valence-electron chi connectivity index (χ2n) is 8.41. The Balaban J connectivity index is 1.26. The molecule has 31 heavy (non-hydrogen) atoms. The predicted octanol–water partition coefficient (Wildman–Crippen LogP) is 4.56. The molecule has 5 heteroatoms. The Morgan fingerprint density at radius 3 is 2.00 bits per heavy atom. The molecule has 1 aliphatic heterocycles. The fourth-order valence-corrected chi connectivity index (χ4v) is 4.81. The zero-order chi connectivity index (χ0) is 21.4. The van der Waals surface area contributed by atoms with Gasteiger partial charge in [0.05, 0.1) is 0 Å². The van der Waals surface area contributed by atoms with Gasteiger partial charge in [-0.25, -0.2) is 4.79 Å². The Labute approximate surface area is 180 Å². The molecule has 5 rings (SSSR count). The molecule has 1 fully saturated rings. The second-order valence-corrected chi connectivity index (χ2v) is 8.41. The molecule has 3 aromatic rings. The zero-order valence-electron chi connectivity index (χ0n) is 17.0. The van der Waals surface area contributed by atoms with Crippen LogP contribution < -0.4 is 0 Å². The first-order valence-electron chi connectivity index (χ1n) is 10.4. The lowest BCUT2D eigenvalue weighted by Crippen LogP contribution is -2.63. The molecule has 1 amide bonds. The van der Waals surface area contributed by atoms with Crippen LogP contribution in [0.3, 0.4) is 0 Å². The SMILES string of the molecule is O=C(OCC1c2ccccc2-c2ccccc21)N1CC(Cc2ccccc2)(C(=O)O)C1. The summed E-state index contributed by atoms with van der Waals surface area (Å²) in [5.74, 6) is -0.884. The third-order valence-electron chi connectivity index (χ3n) is 6.42. The summed E-state index contributed by atoms with van der Waals surface area (Å²) in [7, 11) is 0. The lowest BCUT2D eigenvalue weighted by Gasteiger charge is -2.46. The van der Waals surface area contributed by atoms with E-state index in [-0.39, 0.29) is 25.6 Å². The normalized spacial score (nSPS) is 16.2. The van der Waals surface area contributed by atoms with Crippen molar-refractivity contribution in [2.45, 2.75) is 12.3 Å². The Morgan fingerprint density at radius 2 is 1.42 bits per heavy atom. The number of rotatable bonds is 5. The van der Waals surface area contributed by atoms with Gasteiger partial charge < -0.3 is 14.7 Å². The van der Waals surface area contributed by atoms with Gasteiger partial charge in [-0.15, -0.1) is 0 Å². The van der Waals surface area contributed by atoms with Crippen molar-refractivity contribution in [1.82, 2.24) is 4.90 Å². The van der Waals surface area contributed by atoms with Gasteiger partial charge in [0.25, 0.3) is 0 Å². The van der Waals surface area contributed by atoms with Crippen molar-refractivity contribution >= 4 is 12.1 Å². The Morgan fingerprint density at radius 1 is 0.871 bits per heavy atom. The molecule has 2 aliphatic rings. The zero-order valence-corrected chi connectivity index (χ0v) is 17.0. The van der Waals surface area contributed by atoms with Gasteiger partial charge in [-0.1, -0.05) is 78.9 Å². The quantitative estimate of drug-likeness (QED) is 0.666. The predicted molar refractivity (Wildman–Crippen MR) is 117 cm³/mol. The van der Waals surface area contributed by atoms with Gasteiger partial charge in [-0.2, -0.15) is 0 Å². The first kappa shape index (κ1) is 19.4. The summed E-state index contributed by atoms with van der Waals surface area (Å²) in [5.41, 5.74) is 4.67. The van der Waals surface area contributed by atoms with Crippen LogP contribution in [-0.4, -0.2) is 41.8 Å². The van der Waals surface area contributed by atoms with Crippen LogP contribution in [0.4, 0.5) is 4.79 Å². The molecule has 1 heterocycles. The van der Waals surface area contributed by atoms with Crippen LogP contribution in [0.5, 0.6) is 0 Å². The van der Waals surface area contributed by atoms with E-state index in [2.05, 4.69) is 24.3 Å². The minimum Gasteiger partial charge on any atom is -0.481 e. The molecule has 0 bridgehead atoms. The van der Waals surface area contributed by atoms with Gasteiger partial charge in [0.1, 0.15) is 12.0 Å². The van der Waals surface area contributed by atoms with Gasteiger partial charge in [0, 0.05) is 19.0 Å². The van der Waals surface area contributed by atoms with E-state index in [0.29, 0.717) is 6.42 Å². The molecule has 5 nitrogen and oxygen atoms in total. The molecule has 156 valence electrons. The standard InChI is InChI=1S/C26H23NO4/c28-24(29)26(14-18-8-2-1-3-9-18)16-27(17-26)25(30)31-15-23-21-12-6-4-10-19(21)20-11-5-7-13-22(20)23/h1-13,23H,14-17H2,(H,28,29). The summed E-state index contributed by atoms with van der Waals surface area (Å²) in [5, 5.41) is 9.79. The van der Waals surface area contributed by atoms with Crippen LogP contribution in [0.2, 0.25) is 0 Å². The number of likely N-dealkylation sites (tertiary alicyclic amines) is 1. The third kappa shape index (κ3) is 3.36. The van der Waals surface area contributed by atoms with Gasteiger partial charge in [0.2, 0.25) is 0 Å². The van der Waals surface area contributed by atoms with E-state index in [4.69, 9.17) is 4.74 Å². The average Bonchev–Trinajstić information content (AvgIpc) is 3.08. The Bertz CT molecular complexity index is 1090. The first-order valence-corrected chi connectivity index (χ1v) is 10.4. The fourth-order valence-electron chi connectivity index (χ4n) is 4.81. The van der Waals surface area contributed by atoms with E-state index in [1.54, 1.807) is 0 Å². The second kappa shape index (κ2) is 7.58. The lowest BCUT2D eigenvalue weighted by atomic mass is 9.75. The Hall–Kier alpha value is -3.60. The summed E-state index contributed by atoms with van der Waals surface area (Å²) in [6.45, 7) is 0.559. The topological polar surface area (TPSA) is 66.8 Å². The minimum atomic E-state index is -0.951. The summed E-state index contributed by atoms with van der Waals surface area (Å²) in [6, 6.07) is 25.9. The van der Waals surface area contributed by atoms with E-state index in [1.807, 2.05) is 54.6 Å². The van der Waals surface area contributed by atoms with Crippen molar-refractivity contribution in [1.29, 1.82) is 0 Å². The van der Waals surface area contributed by atoms with Crippen molar-refractivity contribution in [3.8, 4) is 11.1 Å². The number of amides is 1. The minimum absolute atomic E-state index is 0.00817. The van der Waals surface area contributed by atoms with Crippen LogP contribution in [0.1, 0.15) is 22.6 Å². The number of carboxylic acid groups (broad SMARTS) is 1. The van der Waals surface area contributed by atoms with E-state index in [9.17, 15) is 14.7 Å². The van der Waals surface area contributed by atoms with E-state index >= 15 is 0 Å². The molecule has 0 atom stereocenters. The van der Waals surface area contributed by atoms with E-state index in [1.165, 1.54) is 16.0 Å². The summed E-state index contributed by atoms with van der Waals surface area (Å²) in [6.07, 6.45) is -0.0529. The van der Waals surface area contributed by atoms with Crippen LogP contribution in [0, 0.1) is 5.41 Å². The van der Waals surface area contributed by atoms with Crippen molar-refractivity contribution in [2.24, 2.45) is 5.41 Å². The van der Waals surface area contributed by atoms with Crippen molar-refractivity contribution in [3.63, 3.8) is 0 Å². The average molecular weight is 413 g/mol. The molecule has 0 spiro atoms.